The highest BCUT2D eigenvalue weighted by molar-refractivity contribution is 7.11. The minimum absolute atomic E-state index is 0.509. The van der Waals surface area contributed by atoms with Gasteiger partial charge in [-0.2, -0.15) is 0 Å². The van der Waals surface area contributed by atoms with E-state index in [1.54, 1.807) is 17.5 Å². The predicted molar refractivity (Wildman–Crippen MR) is 120 cm³/mol. The first-order valence-electron chi connectivity index (χ1n) is 9.96. The van der Waals surface area contributed by atoms with Gasteiger partial charge in [-0.3, -0.25) is 0 Å². The Morgan fingerprint density at radius 2 is 1.87 bits per heavy atom. The lowest BCUT2D eigenvalue weighted by atomic mass is 10.3. The average Bonchev–Trinajstić information content (AvgIpc) is 3.18. The van der Waals surface area contributed by atoms with Gasteiger partial charge in [0.15, 0.2) is 17.5 Å². The van der Waals surface area contributed by atoms with Gasteiger partial charge in [0.1, 0.15) is 5.01 Å². The van der Waals surface area contributed by atoms with Crippen LogP contribution in [0.4, 0.5) is 0 Å². The number of nitrogens with zero attached hydrogens (tertiary/aromatic N) is 3. The van der Waals surface area contributed by atoms with Gasteiger partial charge in [-0.25, -0.2) is 15.0 Å². The van der Waals surface area contributed by atoms with Gasteiger partial charge in [-0.15, -0.1) is 11.3 Å². The summed E-state index contributed by atoms with van der Waals surface area (Å²) in [6.45, 7) is 8.55. The molecule has 0 bridgehead atoms. The highest BCUT2D eigenvalue weighted by Crippen LogP contribution is 2.30. The molecule has 7 nitrogen and oxygen atoms in total. The van der Waals surface area contributed by atoms with Crippen molar-refractivity contribution in [2.45, 2.75) is 33.9 Å². The monoisotopic (exact) mass is 425 g/mol. The Morgan fingerprint density at radius 3 is 2.53 bits per heavy atom. The van der Waals surface area contributed by atoms with E-state index in [9.17, 15) is 0 Å². The molecule has 3 aromatic rings. The minimum Gasteiger partial charge on any atom is -0.490 e. The molecule has 0 aliphatic carbocycles. The van der Waals surface area contributed by atoms with Crippen LogP contribution >= 0.6 is 11.3 Å². The van der Waals surface area contributed by atoms with Gasteiger partial charge in [0.05, 0.1) is 19.7 Å². The van der Waals surface area contributed by atoms with Crippen LogP contribution in [0.25, 0.3) is 0 Å². The van der Waals surface area contributed by atoms with E-state index in [2.05, 4.69) is 32.5 Å². The van der Waals surface area contributed by atoms with Gasteiger partial charge in [-0.1, -0.05) is 18.2 Å². The fourth-order valence-electron chi connectivity index (χ4n) is 2.64. The van der Waals surface area contributed by atoms with Crippen molar-refractivity contribution in [3.63, 3.8) is 0 Å². The Morgan fingerprint density at radius 1 is 1.03 bits per heavy atom. The first kappa shape index (κ1) is 21.6. The van der Waals surface area contributed by atoms with E-state index in [1.807, 2.05) is 56.4 Å². The van der Waals surface area contributed by atoms with E-state index < -0.39 is 0 Å². The molecule has 0 saturated heterocycles. The Hall–Kier alpha value is -3.13. The normalized spacial score (nSPS) is 11.2. The van der Waals surface area contributed by atoms with Crippen molar-refractivity contribution in [2.75, 3.05) is 13.2 Å². The fraction of sp³-hybridized carbons (Fsp3) is 0.318. The van der Waals surface area contributed by atoms with Gasteiger partial charge < -0.3 is 20.1 Å². The average molecular weight is 426 g/mol. The van der Waals surface area contributed by atoms with Crippen molar-refractivity contribution in [3.8, 4) is 17.4 Å². The molecular weight excluding hydrogens is 398 g/mol. The molecule has 1 aromatic carbocycles. The van der Waals surface area contributed by atoms with Crippen molar-refractivity contribution < 1.29 is 9.47 Å². The number of guanidine groups is 1. The number of para-hydroxylation sites is 2. The van der Waals surface area contributed by atoms with E-state index in [0.717, 1.165) is 23.1 Å². The Bertz CT molecular complexity index is 956. The summed E-state index contributed by atoms with van der Waals surface area (Å²) < 4.78 is 11.5. The summed E-state index contributed by atoms with van der Waals surface area (Å²) in [6.07, 6.45) is 3.66. The number of nitrogens with one attached hydrogen (secondary N) is 2. The second-order valence-electron chi connectivity index (χ2n) is 6.40. The van der Waals surface area contributed by atoms with E-state index in [4.69, 9.17) is 9.47 Å². The van der Waals surface area contributed by atoms with Gasteiger partial charge in [-0.05, 0) is 38.5 Å². The van der Waals surface area contributed by atoms with Crippen LogP contribution in [0.3, 0.4) is 0 Å². The zero-order valence-electron chi connectivity index (χ0n) is 17.5. The summed E-state index contributed by atoms with van der Waals surface area (Å²) in [5, 5.41) is 7.60. The molecule has 0 unspecified atom stereocenters. The lowest BCUT2D eigenvalue weighted by molar-refractivity contribution is 0.319. The molecule has 2 N–H and O–H groups in total. The third-order valence-electron chi connectivity index (χ3n) is 4.00. The molecule has 0 atom stereocenters. The van der Waals surface area contributed by atoms with Crippen LogP contribution in [0.15, 0.2) is 53.8 Å². The van der Waals surface area contributed by atoms with Crippen LogP contribution in [-0.2, 0) is 13.1 Å². The van der Waals surface area contributed by atoms with Crippen LogP contribution in [0, 0.1) is 6.92 Å². The number of hydrogen-bond acceptors (Lipinski definition) is 6. The molecule has 2 heterocycles. The first-order valence-corrected chi connectivity index (χ1v) is 10.8. The number of pyridine rings is 1. The second kappa shape index (κ2) is 11.2. The molecule has 158 valence electrons. The third kappa shape index (κ3) is 6.45. The molecule has 30 heavy (non-hydrogen) atoms. The van der Waals surface area contributed by atoms with Crippen LogP contribution in [-0.4, -0.2) is 29.1 Å². The number of benzene rings is 1. The number of aryl methyl sites for hydroxylation is 1. The number of thiazole rings is 1. The largest absolute Gasteiger partial charge is 0.490 e. The quantitative estimate of drug-likeness (QED) is 0.393. The summed E-state index contributed by atoms with van der Waals surface area (Å²) in [5.74, 6) is 2.61. The van der Waals surface area contributed by atoms with E-state index in [0.29, 0.717) is 37.1 Å². The fourth-order valence-corrected chi connectivity index (χ4v) is 3.37. The maximum atomic E-state index is 5.87. The van der Waals surface area contributed by atoms with Crippen LogP contribution in [0.5, 0.6) is 17.4 Å². The topological polar surface area (TPSA) is 80.7 Å². The van der Waals surface area contributed by atoms with Crippen molar-refractivity contribution in [1.82, 2.24) is 20.6 Å². The summed E-state index contributed by atoms with van der Waals surface area (Å²) in [7, 11) is 0. The second-order valence-corrected chi connectivity index (χ2v) is 7.72. The first-order chi connectivity index (χ1) is 14.7. The molecule has 2 aromatic heterocycles. The predicted octanol–water partition coefficient (Wildman–Crippen LogP) is 4.29. The summed E-state index contributed by atoms with van der Waals surface area (Å²) in [4.78, 5) is 14.6. The van der Waals surface area contributed by atoms with Gasteiger partial charge in [0.25, 0.3) is 0 Å². The van der Waals surface area contributed by atoms with Crippen molar-refractivity contribution in [1.29, 1.82) is 0 Å². The molecule has 0 amide bonds. The van der Waals surface area contributed by atoms with Gasteiger partial charge in [0.2, 0.25) is 5.88 Å². The number of hydrogen-bond donors (Lipinski definition) is 2. The zero-order chi connectivity index (χ0) is 21.2. The van der Waals surface area contributed by atoms with Crippen molar-refractivity contribution >= 4 is 17.3 Å². The maximum absolute atomic E-state index is 5.87. The molecular formula is C22H27N5O2S. The van der Waals surface area contributed by atoms with E-state index in [1.165, 1.54) is 4.88 Å². The summed E-state index contributed by atoms with van der Waals surface area (Å²) in [5.41, 5.74) is 0.989. The van der Waals surface area contributed by atoms with E-state index >= 15 is 0 Å². The Kier molecular flexibility index (Phi) is 8.02. The van der Waals surface area contributed by atoms with Gasteiger partial charge in [0, 0.05) is 29.9 Å². The highest BCUT2D eigenvalue weighted by atomic mass is 32.1. The summed E-state index contributed by atoms with van der Waals surface area (Å²) >= 11 is 1.68. The standard InChI is InChI=1S/C22H27N5O2S/c1-4-23-22(27-15-21-25-12-16(3)30-21)26-14-17-10-11-20(24-13-17)29-19-9-7-6-8-18(19)28-5-2/h6-13H,4-5,14-15H2,1-3H3,(H2,23,26,27). The molecule has 8 heteroatoms. The number of aliphatic imine (C=N–C) groups is 1. The highest BCUT2D eigenvalue weighted by Gasteiger charge is 2.06. The summed E-state index contributed by atoms with van der Waals surface area (Å²) in [6, 6.07) is 11.4. The Labute approximate surface area is 181 Å². The third-order valence-corrected chi connectivity index (χ3v) is 4.91. The maximum Gasteiger partial charge on any atom is 0.219 e. The van der Waals surface area contributed by atoms with Gasteiger partial charge >= 0.3 is 0 Å². The lowest BCUT2D eigenvalue weighted by Crippen LogP contribution is -2.36. The molecule has 3 rings (SSSR count). The smallest absolute Gasteiger partial charge is 0.219 e. The molecule has 0 fully saturated rings. The van der Waals surface area contributed by atoms with Crippen molar-refractivity contribution in [3.05, 3.63) is 64.2 Å². The van der Waals surface area contributed by atoms with Crippen molar-refractivity contribution in [2.24, 2.45) is 4.99 Å². The number of ether oxygens (including phenoxy) is 2. The van der Waals surface area contributed by atoms with Crippen LogP contribution in [0.1, 0.15) is 29.3 Å². The zero-order valence-corrected chi connectivity index (χ0v) is 18.3. The number of aromatic nitrogens is 2. The lowest BCUT2D eigenvalue weighted by Gasteiger charge is -2.11. The van der Waals surface area contributed by atoms with Crippen LogP contribution < -0.4 is 20.1 Å². The number of rotatable bonds is 9. The molecule has 0 aliphatic rings. The Balaban J connectivity index is 1.59. The van der Waals surface area contributed by atoms with Crippen LogP contribution in [0.2, 0.25) is 0 Å². The molecule has 0 radical (unpaired) electrons. The minimum atomic E-state index is 0.509. The molecule has 0 spiro atoms. The van der Waals surface area contributed by atoms with E-state index in [-0.39, 0.29) is 0 Å². The molecule has 0 aliphatic heterocycles. The SMILES string of the molecule is CCNC(=NCc1ccc(Oc2ccccc2OCC)nc1)NCc1ncc(C)s1. The molecule has 0 saturated carbocycles.